The molecule has 2 heterocycles. The first-order valence-corrected chi connectivity index (χ1v) is 6.13. The molecule has 0 amide bonds. The Labute approximate surface area is 105 Å². The molecular formula is C11H17N3O4. The molecule has 100 valence electrons. The van der Waals surface area contributed by atoms with Gasteiger partial charge in [-0.15, -0.1) is 0 Å². The Morgan fingerprint density at radius 2 is 2.11 bits per heavy atom. The SMILES string of the molecule is O=C(O)CCCCc1nc(N2CCOCC2)no1. The molecule has 1 aromatic heterocycles. The van der Waals surface area contributed by atoms with Gasteiger partial charge in [-0.05, 0) is 18.0 Å². The van der Waals surface area contributed by atoms with E-state index in [0.29, 0.717) is 37.9 Å². The number of hydrogen-bond acceptors (Lipinski definition) is 6. The first-order chi connectivity index (χ1) is 8.75. The van der Waals surface area contributed by atoms with Crippen LogP contribution in [0.1, 0.15) is 25.2 Å². The molecule has 1 saturated heterocycles. The lowest BCUT2D eigenvalue weighted by atomic mass is 10.2. The van der Waals surface area contributed by atoms with Gasteiger partial charge in [-0.1, -0.05) is 0 Å². The van der Waals surface area contributed by atoms with Crippen LogP contribution in [0.25, 0.3) is 0 Å². The maximum absolute atomic E-state index is 10.4. The third-order valence-corrected chi connectivity index (χ3v) is 2.78. The lowest BCUT2D eigenvalue weighted by Crippen LogP contribution is -2.36. The lowest BCUT2D eigenvalue weighted by molar-refractivity contribution is -0.137. The number of rotatable bonds is 6. The molecular weight excluding hydrogens is 238 g/mol. The maximum atomic E-state index is 10.4. The minimum absolute atomic E-state index is 0.185. The van der Waals surface area contributed by atoms with Gasteiger partial charge >= 0.3 is 5.97 Å². The van der Waals surface area contributed by atoms with Crippen molar-refractivity contribution < 1.29 is 19.2 Å². The number of aryl methyl sites for hydroxylation is 1. The van der Waals surface area contributed by atoms with Gasteiger partial charge in [0.2, 0.25) is 5.89 Å². The fraction of sp³-hybridized carbons (Fsp3) is 0.727. The number of aromatic nitrogens is 2. The number of hydrogen-bond donors (Lipinski definition) is 1. The second kappa shape index (κ2) is 6.34. The van der Waals surface area contributed by atoms with E-state index in [1.54, 1.807) is 0 Å². The van der Waals surface area contributed by atoms with Crippen LogP contribution < -0.4 is 4.90 Å². The average molecular weight is 255 g/mol. The van der Waals surface area contributed by atoms with Crippen LogP contribution in [-0.4, -0.2) is 47.5 Å². The van der Waals surface area contributed by atoms with Crippen molar-refractivity contribution in [3.05, 3.63) is 5.89 Å². The lowest BCUT2D eigenvalue weighted by Gasteiger charge is -2.24. The van der Waals surface area contributed by atoms with Crippen molar-refractivity contribution in [2.45, 2.75) is 25.7 Å². The zero-order chi connectivity index (χ0) is 12.8. The first kappa shape index (κ1) is 12.8. The highest BCUT2D eigenvalue weighted by Gasteiger charge is 2.16. The number of ether oxygens (including phenoxy) is 1. The smallest absolute Gasteiger partial charge is 0.303 e. The highest BCUT2D eigenvalue weighted by molar-refractivity contribution is 5.66. The van der Waals surface area contributed by atoms with E-state index in [0.717, 1.165) is 19.5 Å². The Kier molecular flexibility index (Phi) is 4.52. The maximum Gasteiger partial charge on any atom is 0.303 e. The Hall–Kier alpha value is -1.63. The minimum atomic E-state index is -0.769. The van der Waals surface area contributed by atoms with E-state index in [1.165, 1.54) is 0 Å². The molecule has 1 aromatic rings. The summed E-state index contributed by atoms with van der Waals surface area (Å²) in [6.45, 7) is 2.92. The minimum Gasteiger partial charge on any atom is -0.481 e. The average Bonchev–Trinajstić information content (AvgIpc) is 2.84. The highest BCUT2D eigenvalue weighted by atomic mass is 16.5. The predicted molar refractivity (Wildman–Crippen MR) is 62.5 cm³/mol. The van der Waals surface area contributed by atoms with Gasteiger partial charge in [0.25, 0.3) is 5.95 Å². The van der Waals surface area contributed by atoms with Gasteiger partial charge in [0, 0.05) is 25.9 Å². The molecule has 0 radical (unpaired) electrons. The van der Waals surface area contributed by atoms with Gasteiger partial charge in [0.15, 0.2) is 0 Å². The summed E-state index contributed by atoms with van der Waals surface area (Å²) in [5.41, 5.74) is 0. The molecule has 1 fully saturated rings. The topological polar surface area (TPSA) is 88.7 Å². The molecule has 0 unspecified atom stereocenters. The molecule has 7 heteroatoms. The van der Waals surface area contributed by atoms with Crippen molar-refractivity contribution in [1.29, 1.82) is 0 Å². The molecule has 1 aliphatic rings. The summed E-state index contributed by atoms with van der Waals surface area (Å²) in [5, 5.41) is 12.4. The van der Waals surface area contributed by atoms with Crippen molar-refractivity contribution in [2.75, 3.05) is 31.2 Å². The number of carboxylic acids is 1. The summed E-state index contributed by atoms with van der Waals surface area (Å²) >= 11 is 0. The van der Waals surface area contributed by atoms with E-state index in [9.17, 15) is 4.79 Å². The van der Waals surface area contributed by atoms with E-state index in [2.05, 4.69) is 10.1 Å². The quantitative estimate of drug-likeness (QED) is 0.748. The molecule has 18 heavy (non-hydrogen) atoms. The molecule has 0 spiro atoms. The monoisotopic (exact) mass is 255 g/mol. The number of carboxylic acid groups (broad SMARTS) is 1. The van der Waals surface area contributed by atoms with Gasteiger partial charge in [-0.2, -0.15) is 4.98 Å². The van der Waals surface area contributed by atoms with Crippen molar-refractivity contribution in [1.82, 2.24) is 10.1 Å². The summed E-state index contributed by atoms with van der Waals surface area (Å²) < 4.78 is 10.4. The summed E-state index contributed by atoms with van der Waals surface area (Å²) in [5.74, 6) is 0.406. The fourth-order valence-corrected chi connectivity index (χ4v) is 1.79. The molecule has 7 nitrogen and oxygen atoms in total. The standard InChI is InChI=1S/C11H17N3O4/c15-10(16)4-2-1-3-9-12-11(13-18-9)14-5-7-17-8-6-14/h1-8H2,(H,15,16). The van der Waals surface area contributed by atoms with Crippen LogP contribution in [0, 0.1) is 0 Å². The molecule has 0 aromatic carbocycles. The van der Waals surface area contributed by atoms with Crippen LogP contribution in [0.3, 0.4) is 0 Å². The van der Waals surface area contributed by atoms with Crippen LogP contribution in [0.4, 0.5) is 5.95 Å². The number of unbranched alkanes of at least 4 members (excludes halogenated alkanes) is 1. The Balaban J connectivity index is 1.76. The third-order valence-electron chi connectivity index (χ3n) is 2.78. The van der Waals surface area contributed by atoms with Crippen LogP contribution >= 0.6 is 0 Å². The molecule has 0 saturated carbocycles. The van der Waals surface area contributed by atoms with Crippen molar-refractivity contribution in [2.24, 2.45) is 0 Å². The van der Waals surface area contributed by atoms with E-state index < -0.39 is 5.97 Å². The summed E-state index contributed by atoms with van der Waals surface area (Å²) in [7, 11) is 0. The first-order valence-electron chi connectivity index (χ1n) is 6.13. The van der Waals surface area contributed by atoms with E-state index in [1.807, 2.05) is 4.90 Å². The van der Waals surface area contributed by atoms with Crippen LogP contribution in [0.2, 0.25) is 0 Å². The molecule has 1 N–H and O–H groups in total. The van der Waals surface area contributed by atoms with Crippen molar-refractivity contribution >= 4 is 11.9 Å². The van der Waals surface area contributed by atoms with Crippen LogP contribution in [-0.2, 0) is 16.0 Å². The zero-order valence-corrected chi connectivity index (χ0v) is 10.2. The van der Waals surface area contributed by atoms with E-state index in [4.69, 9.17) is 14.4 Å². The largest absolute Gasteiger partial charge is 0.481 e. The number of anilines is 1. The van der Waals surface area contributed by atoms with Crippen LogP contribution in [0.15, 0.2) is 4.52 Å². The second-order valence-corrected chi connectivity index (χ2v) is 4.19. The van der Waals surface area contributed by atoms with E-state index in [-0.39, 0.29) is 6.42 Å². The molecule has 0 atom stereocenters. The highest BCUT2D eigenvalue weighted by Crippen LogP contribution is 2.13. The number of morpholine rings is 1. The number of nitrogens with zero attached hydrogens (tertiary/aromatic N) is 3. The Morgan fingerprint density at radius 1 is 1.33 bits per heavy atom. The zero-order valence-electron chi connectivity index (χ0n) is 10.2. The molecule has 1 aliphatic heterocycles. The van der Waals surface area contributed by atoms with Gasteiger partial charge in [0.1, 0.15) is 0 Å². The van der Waals surface area contributed by atoms with Gasteiger partial charge in [-0.3, -0.25) is 4.79 Å². The normalized spacial score (nSPS) is 15.9. The predicted octanol–water partition coefficient (Wildman–Crippen LogP) is 0.704. The molecule has 0 aliphatic carbocycles. The Morgan fingerprint density at radius 3 is 2.83 bits per heavy atom. The second-order valence-electron chi connectivity index (χ2n) is 4.19. The van der Waals surface area contributed by atoms with Crippen LogP contribution in [0.5, 0.6) is 0 Å². The third kappa shape index (κ3) is 3.69. The van der Waals surface area contributed by atoms with Crippen molar-refractivity contribution in [3.8, 4) is 0 Å². The van der Waals surface area contributed by atoms with Gasteiger partial charge in [0.05, 0.1) is 13.2 Å². The Bertz CT molecular complexity index is 387. The fourth-order valence-electron chi connectivity index (χ4n) is 1.79. The number of aliphatic carboxylic acids is 1. The number of carbonyl (C=O) groups is 1. The molecule has 0 bridgehead atoms. The van der Waals surface area contributed by atoms with Gasteiger partial charge in [-0.25, -0.2) is 0 Å². The van der Waals surface area contributed by atoms with Crippen molar-refractivity contribution in [3.63, 3.8) is 0 Å². The van der Waals surface area contributed by atoms with Gasteiger partial charge < -0.3 is 19.3 Å². The van der Waals surface area contributed by atoms with E-state index >= 15 is 0 Å². The summed E-state index contributed by atoms with van der Waals surface area (Å²) in [4.78, 5) is 16.7. The molecule has 2 rings (SSSR count). The summed E-state index contributed by atoms with van der Waals surface area (Å²) in [6.07, 6.45) is 2.19. The summed E-state index contributed by atoms with van der Waals surface area (Å²) in [6, 6.07) is 0.